The number of benzene rings is 2. The number of hydrogen-bond donors (Lipinski definition) is 1. The van der Waals surface area contributed by atoms with Gasteiger partial charge in [0.2, 0.25) is 5.95 Å². The largest absolute Gasteiger partial charge is 0.347 e. The number of rotatable bonds is 6. The van der Waals surface area contributed by atoms with Crippen molar-refractivity contribution in [2.45, 2.75) is 31.1 Å². The van der Waals surface area contributed by atoms with Crippen LogP contribution in [0.3, 0.4) is 0 Å². The van der Waals surface area contributed by atoms with Crippen LogP contribution in [0.15, 0.2) is 53.6 Å². The van der Waals surface area contributed by atoms with Crippen molar-refractivity contribution < 1.29 is 21.6 Å². The van der Waals surface area contributed by atoms with Gasteiger partial charge in [0.05, 0.1) is 27.0 Å². The molecule has 4 rings (SSSR count). The highest BCUT2D eigenvalue weighted by Crippen LogP contribution is 2.42. The molecule has 0 unspecified atom stereocenters. The van der Waals surface area contributed by atoms with Gasteiger partial charge in [-0.05, 0) is 30.3 Å². The quantitative estimate of drug-likeness (QED) is 0.326. The first-order valence-corrected chi connectivity index (χ1v) is 13.4. The molecule has 0 bridgehead atoms. The summed E-state index contributed by atoms with van der Waals surface area (Å²) in [5, 5.41) is 0.710. The van der Waals surface area contributed by atoms with Gasteiger partial charge in [-0.15, -0.1) is 11.3 Å². The van der Waals surface area contributed by atoms with E-state index in [1.807, 2.05) is 25.5 Å². The van der Waals surface area contributed by atoms with Crippen molar-refractivity contribution in [1.29, 1.82) is 0 Å². The molecule has 0 atom stereocenters. The van der Waals surface area contributed by atoms with Crippen LogP contribution in [-0.4, -0.2) is 37.5 Å². The average Bonchev–Trinajstić information content (AvgIpc) is 3.26. The Balaban J connectivity index is 1.86. The number of sulfonamides is 1. The highest BCUT2D eigenvalue weighted by molar-refractivity contribution is 7.92. The van der Waals surface area contributed by atoms with Gasteiger partial charge in [0.15, 0.2) is 10.7 Å². The summed E-state index contributed by atoms with van der Waals surface area (Å²) in [6, 6.07) is 8.39. The number of thiazole rings is 1. The maximum atomic E-state index is 15.8. The molecule has 0 radical (unpaired) electrons. The number of hydrogen-bond acceptors (Lipinski definition) is 7. The Bertz CT molecular complexity index is 1560. The lowest BCUT2D eigenvalue weighted by Crippen LogP contribution is -2.17. The van der Waals surface area contributed by atoms with Crippen LogP contribution < -0.4 is 9.62 Å². The highest BCUT2D eigenvalue weighted by Gasteiger charge is 2.28. The normalized spacial score (nSPS) is 12.0. The van der Waals surface area contributed by atoms with Crippen molar-refractivity contribution in [2.24, 2.45) is 0 Å². The molecular formula is C25H24F3N5O2S2. The second-order valence-corrected chi connectivity index (χ2v) is 12.0. The molecule has 2 aromatic carbocycles. The summed E-state index contributed by atoms with van der Waals surface area (Å²) in [5.74, 6) is -3.08. The Morgan fingerprint density at radius 2 is 1.59 bits per heavy atom. The van der Waals surface area contributed by atoms with Crippen molar-refractivity contribution in [3.63, 3.8) is 0 Å². The van der Waals surface area contributed by atoms with Gasteiger partial charge in [-0.1, -0.05) is 32.9 Å². The Hall–Kier alpha value is -3.51. The lowest BCUT2D eigenvalue weighted by Gasteiger charge is -2.14. The van der Waals surface area contributed by atoms with E-state index in [9.17, 15) is 17.2 Å². The van der Waals surface area contributed by atoms with Crippen molar-refractivity contribution in [2.75, 3.05) is 23.7 Å². The van der Waals surface area contributed by atoms with Crippen molar-refractivity contribution in [1.82, 2.24) is 15.0 Å². The summed E-state index contributed by atoms with van der Waals surface area (Å²) in [7, 11) is -1.19. The standard InChI is InChI=1S/C25H24F3N5O2S2/c1-25(2,3)23-31-20(21(36-23)18-12-13-29-24(30-18)33(4)5)14-8-6-11-17(19(14)28)32-37(34,35)22-15(26)9-7-10-16(22)27/h6-13,32H,1-5H3. The minimum Gasteiger partial charge on any atom is -0.347 e. The molecule has 2 aromatic heterocycles. The molecule has 7 nitrogen and oxygen atoms in total. The lowest BCUT2D eigenvalue weighted by molar-refractivity contribution is 0.521. The van der Waals surface area contributed by atoms with Crippen LogP contribution in [0.4, 0.5) is 24.8 Å². The smallest absolute Gasteiger partial charge is 0.267 e. The van der Waals surface area contributed by atoms with Crippen LogP contribution in [0.1, 0.15) is 25.8 Å². The van der Waals surface area contributed by atoms with Gasteiger partial charge in [-0.25, -0.2) is 36.5 Å². The van der Waals surface area contributed by atoms with Crippen LogP contribution >= 0.6 is 11.3 Å². The Kier molecular flexibility index (Phi) is 6.99. The van der Waals surface area contributed by atoms with E-state index in [0.29, 0.717) is 21.5 Å². The van der Waals surface area contributed by atoms with E-state index >= 15 is 4.39 Å². The van der Waals surface area contributed by atoms with Crippen LogP contribution in [0, 0.1) is 17.5 Å². The van der Waals surface area contributed by atoms with E-state index in [-0.39, 0.29) is 16.7 Å². The zero-order valence-corrected chi connectivity index (χ0v) is 22.3. The second-order valence-electron chi connectivity index (χ2n) is 9.41. The molecule has 0 spiro atoms. The molecule has 0 aliphatic heterocycles. The number of nitrogens with one attached hydrogen (secondary N) is 1. The van der Waals surface area contributed by atoms with E-state index < -0.39 is 38.1 Å². The Labute approximate surface area is 217 Å². The lowest BCUT2D eigenvalue weighted by atomic mass is 9.98. The van der Waals surface area contributed by atoms with Gasteiger partial charge >= 0.3 is 0 Å². The molecule has 194 valence electrons. The molecule has 37 heavy (non-hydrogen) atoms. The molecule has 0 amide bonds. The third-order valence-corrected chi connectivity index (χ3v) is 8.15. The first-order chi connectivity index (χ1) is 17.3. The molecule has 0 aliphatic carbocycles. The van der Waals surface area contributed by atoms with Crippen LogP contribution in [0.25, 0.3) is 21.8 Å². The van der Waals surface area contributed by atoms with Gasteiger partial charge in [-0.2, -0.15) is 0 Å². The molecule has 4 aromatic rings. The van der Waals surface area contributed by atoms with Gasteiger partial charge < -0.3 is 4.90 Å². The zero-order chi connectivity index (χ0) is 27.1. The molecule has 0 fully saturated rings. The number of anilines is 2. The van der Waals surface area contributed by atoms with E-state index in [4.69, 9.17) is 4.98 Å². The van der Waals surface area contributed by atoms with Crippen LogP contribution in [-0.2, 0) is 15.4 Å². The highest BCUT2D eigenvalue weighted by atomic mass is 32.2. The molecule has 12 heteroatoms. The maximum Gasteiger partial charge on any atom is 0.267 e. The molecule has 0 aliphatic rings. The van der Waals surface area contributed by atoms with Crippen LogP contribution in [0.2, 0.25) is 0 Å². The fourth-order valence-corrected chi connectivity index (χ4v) is 5.72. The fourth-order valence-electron chi connectivity index (χ4n) is 3.42. The van der Waals surface area contributed by atoms with E-state index in [1.165, 1.54) is 29.5 Å². The number of halogens is 3. The molecule has 0 saturated carbocycles. The number of nitrogens with zero attached hydrogens (tertiary/aromatic N) is 4. The van der Waals surface area contributed by atoms with E-state index in [1.54, 1.807) is 31.3 Å². The van der Waals surface area contributed by atoms with Gasteiger partial charge in [0, 0.05) is 31.3 Å². The average molecular weight is 548 g/mol. The summed E-state index contributed by atoms with van der Waals surface area (Å²) in [6.45, 7) is 5.90. The second kappa shape index (κ2) is 9.75. The van der Waals surface area contributed by atoms with Gasteiger partial charge in [-0.3, -0.25) is 4.72 Å². The topological polar surface area (TPSA) is 88.1 Å². The van der Waals surface area contributed by atoms with Gasteiger partial charge in [0.1, 0.15) is 11.6 Å². The Morgan fingerprint density at radius 3 is 2.22 bits per heavy atom. The van der Waals surface area contributed by atoms with Crippen molar-refractivity contribution >= 4 is 33.0 Å². The van der Waals surface area contributed by atoms with Crippen molar-refractivity contribution in [3.05, 3.63) is 71.1 Å². The number of aromatic nitrogens is 3. The van der Waals surface area contributed by atoms with E-state index in [0.717, 1.165) is 18.2 Å². The molecule has 1 N–H and O–H groups in total. The van der Waals surface area contributed by atoms with Crippen LogP contribution in [0.5, 0.6) is 0 Å². The molecule has 0 saturated heterocycles. The SMILES string of the molecule is CN(C)c1nccc(-c2sc(C(C)(C)C)nc2-c2cccc(NS(=O)(=O)c3c(F)cccc3F)c2F)n1. The summed E-state index contributed by atoms with van der Waals surface area (Å²) in [6.07, 6.45) is 1.59. The van der Waals surface area contributed by atoms with Gasteiger partial charge in [0.25, 0.3) is 10.0 Å². The summed E-state index contributed by atoms with van der Waals surface area (Å²) in [5.41, 5.74) is -0.0730. The Morgan fingerprint density at radius 1 is 0.946 bits per heavy atom. The first-order valence-electron chi connectivity index (χ1n) is 11.1. The molecule has 2 heterocycles. The molecular weight excluding hydrogens is 523 g/mol. The summed E-state index contributed by atoms with van der Waals surface area (Å²) < 4.78 is 71.7. The third-order valence-electron chi connectivity index (χ3n) is 5.23. The monoisotopic (exact) mass is 547 g/mol. The van der Waals surface area contributed by atoms with E-state index in [2.05, 4.69) is 9.97 Å². The van der Waals surface area contributed by atoms with Crippen molar-refractivity contribution in [3.8, 4) is 21.8 Å². The minimum absolute atomic E-state index is 0.000899. The first kappa shape index (κ1) is 26.6. The predicted molar refractivity (Wildman–Crippen MR) is 139 cm³/mol. The predicted octanol–water partition coefficient (Wildman–Crippen LogP) is 5.85. The summed E-state index contributed by atoms with van der Waals surface area (Å²) >= 11 is 1.34. The minimum atomic E-state index is -4.78. The summed E-state index contributed by atoms with van der Waals surface area (Å²) in [4.78, 5) is 14.6. The zero-order valence-electron chi connectivity index (χ0n) is 20.7. The third kappa shape index (κ3) is 5.30. The fraction of sp³-hybridized carbons (Fsp3) is 0.240. The maximum absolute atomic E-state index is 15.8.